The lowest BCUT2D eigenvalue weighted by molar-refractivity contribution is -0.118. The zero-order valence-corrected chi connectivity index (χ0v) is 18.6. The first-order valence-corrected chi connectivity index (χ1v) is 12.2. The zero-order chi connectivity index (χ0) is 22.2. The third-order valence-electron chi connectivity index (χ3n) is 4.84. The number of thiophene rings is 1. The highest BCUT2D eigenvalue weighted by molar-refractivity contribution is 7.55. The van der Waals surface area contributed by atoms with Crippen LogP contribution in [0.3, 0.4) is 0 Å². The number of rotatable bonds is 5. The van der Waals surface area contributed by atoms with E-state index in [1.807, 2.05) is 0 Å². The number of anilines is 1. The van der Waals surface area contributed by atoms with Gasteiger partial charge in [-0.15, -0.1) is 11.3 Å². The molecule has 10 heteroatoms. The van der Waals surface area contributed by atoms with Crippen molar-refractivity contribution < 1.29 is 27.2 Å². The maximum atomic E-state index is 14.5. The van der Waals surface area contributed by atoms with Crippen LogP contribution in [-0.2, 0) is 18.4 Å². The Morgan fingerprint density at radius 2 is 1.90 bits per heavy atom. The highest BCUT2D eigenvalue weighted by Crippen LogP contribution is 2.64. The zero-order valence-electron chi connectivity index (χ0n) is 16.1. The Balaban J connectivity index is 1.90. The number of nitrogens with zero attached hydrogens (tertiary/aromatic N) is 1. The Labute approximate surface area is 186 Å². The fraction of sp³-hybridized carbons (Fsp3) is 0.190. The number of carbonyl (C=O) groups excluding carboxylic acids is 1. The van der Waals surface area contributed by atoms with Gasteiger partial charge in [-0.1, -0.05) is 24.2 Å². The number of carbonyl (C=O) groups is 1. The van der Waals surface area contributed by atoms with Gasteiger partial charge in [0.1, 0.15) is 17.3 Å². The fourth-order valence-corrected chi connectivity index (χ4v) is 6.77. The first kappa shape index (κ1) is 22.1. The number of para-hydroxylation sites is 1. The summed E-state index contributed by atoms with van der Waals surface area (Å²) in [5.74, 6) is -2.81. The lowest BCUT2D eigenvalue weighted by Gasteiger charge is -2.32. The lowest BCUT2D eigenvalue weighted by atomic mass is 10.1. The van der Waals surface area contributed by atoms with Crippen LogP contribution in [0.15, 0.2) is 54.6 Å². The number of benzene rings is 2. The molecule has 0 spiro atoms. The molecule has 0 bridgehead atoms. The van der Waals surface area contributed by atoms with Gasteiger partial charge in [0, 0.05) is 15.9 Å². The fourth-order valence-electron chi connectivity index (χ4n) is 3.44. The Morgan fingerprint density at radius 1 is 1.23 bits per heavy atom. The summed E-state index contributed by atoms with van der Waals surface area (Å²) in [6, 6.07) is 8.33. The van der Waals surface area contributed by atoms with Crippen LogP contribution in [0, 0.1) is 11.6 Å². The van der Waals surface area contributed by atoms with E-state index in [0.29, 0.717) is 27.3 Å². The van der Waals surface area contributed by atoms with Crippen LogP contribution in [0.5, 0.6) is 0 Å². The molecule has 3 aromatic rings. The van der Waals surface area contributed by atoms with E-state index < -0.39 is 36.5 Å². The van der Waals surface area contributed by atoms with Gasteiger partial charge >= 0.3 is 7.60 Å². The van der Waals surface area contributed by atoms with E-state index in [1.54, 1.807) is 23.6 Å². The van der Waals surface area contributed by atoms with Crippen molar-refractivity contribution in [3.63, 3.8) is 0 Å². The van der Waals surface area contributed by atoms with E-state index in [-0.39, 0.29) is 13.2 Å². The Bertz CT molecular complexity index is 1190. The van der Waals surface area contributed by atoms with Gasteiger partial charge in [0.15, 0.2) is 5.66 Å². The van der Waals surface area contributed by atoms with Crippen LogP contribution in [0.4, 0.5) is 14.5 Å². The standard InChI is InChI=1S/C21H17ClF2NO4PS/c1-2-25(19-16(23)5-3-6-17(19)24)21(26)20(30(27)28-9-4-10-29-30)15-12-31-18-8-7-13(22)11-14(15)18/h2-3,5-8,11-12,20H,1,4,9-10H2. The predicted molar refractivity (Wildman–Crippen MR) is 118 cm³/mol. The summed E-state index contributed by atoms with van der Waals surface area (Å²) in [7, 11) is -4.03. The number of hydrogen-bond donors (Lipinski definition) is 0. The molecule has 1 fully saturated rings. The Kier molecular flexibility index (Phi) is 6.28. The molecule has 0 N–H and O–H groups in total. The molecule has 2 heterocycles. The third-order valence-corrected chi connectivity index (χ3v) is 8.27. The first-order chi connectivity index (χ1) is 14.9. The average molecular weight is 484 g/mol. The number of halogens is 3. The molecule has 1 aromatic heterocycles. The summed E-state index contributed by atoms with van der Waals surface area (Å²) in [6.07, 6.45) is 1.49. The van der Waals surface area contributed by atoms with E-state index in [0.717, 1.165) is 23.0 Å². The van der Waals surface area contributed by atoms with Gasteiger partial charge in [0.2, 0.25) is 0 Å². The molecule has 5 nitrogen and oxygen atoms in total. The van der Waals surface area contributed by atoms with E-state index >= 15 is 0 Å². The van der Waals surface area contributed by atoms with Gasteiger partial charge in [-0.25, -0.2) is 8.78 Å². The molecule has 1 unspecified atom stereocenters. The molecule has 4 rings (SSSR count). The van der Waals surface area contributed by atoms with Gasteiger partial charge in [-0.2, -0.15) is 0 Å². The molecule has 162 valence electrons. The third kappa shape index (κ3) is 4.06. The normalized spacial score (nSPS) is 16.7. The first-order valence-electron chi connectivity index (χ1n) is 9.31. The second kappa shape index (κ2) is 8.81. The van der Waals surface area contributed by atoms with Crippen molar-refractivity contribution >= 4 is 52.2 Å². The molecule has 1 amide bonds. The van der Waals surface area contributed by atoms with E-state index in [2.05, 4.69) is 6.58 Å². The van der Waals surface area contributed by atoms with Crippen LogP contribution < -0.4 is 4.90 Å². The molecular formula is C21H17ClF2NO4PS. The van der Waals surface area contributed by atoms with Crippen molar-refractivity contribution in [2.45, 2.75) is 12.1 Å². The molecule has 1 aliphatic heterocycles. The summed E-state index contributed by atoms with van der Waals surface area (Å²) >= 11 is 7.46. The highest BCUT2D eigenvalue weighted by Gasteiger charge is 2.47. The minimum absolute atomic E-state index is 0.131. The van der Waals surface area contributed by atoms with Crippen molar-refractivity contribution in [3.05, 3.63) is 76.8 Å². The van der Waals surface area contributed by atoms with E-state index in [9.17, 15) is 18.1 Å². The number of fused-ring (bicyclic) bond motifs is 1. The molecule has 0 radical (unpaired) electrons. The monoisotopic (exact) mass is 483 g/mol. The van der Waals surface area contributed by atoms with Gasteiger partial charge in [0.25, 0.3) is 5.91 Å². The van der Waals surface area contributed by atoms with Crippen LogP contribution in [0.1, 0.15) is 17.6 Å². The Morgan fingerprint density at radius 3 is 2.55 bits per heavy atom. The lowest BCUT2D eigenvalue weighted by Crippen LogP contribution is -2.33. The van der Waals surface area contributed by atoms with Crippen molar-refractivity contribution in [2.24, 2.45) is 0 Å². The van der Waals surface area contributed by atoms with Crippen LogP contribution in [0.2, 0.25) is 5.02 Å². The topological polar surface area (TPSA) is 55.8 Å². The second-order valence-electron chi connectivity index (χ2n) is 6.75. The van der Waals surface area contributed by atoms with Crippen LogP contribution >= 0.6 is 30.5 Å². The van der Waals surface area contributed by atoms with Gasteiger partial charge in [-0.3, -0.25) is 14.3 Å². The highest BCUT2D eigenvalue weighted by atomic mass is 35.5. The Hall–Kier alpha value is -2.09. The summed E-state index contributed by atoms with van der Waals surface area (Å²) < 4.78 is 54.4. The molecule has 1 aliphatic rings. The van der Waals surface area contributed by atoms with Gasteiger partial charge in [0.05, 0.1) is 13.2 Å². The van der Waals surface area contributed by atoms with Crippen molar-refractivity contribution in [2.75, 3.05) is 18.1 Å². The SMILES string of the molecule is C=CN(C(=O)C(c1csc2ccc(Cl)cc12)P1(=O)OCCCO1)c1c(F)cccc1F. The van der Waals surface area contributed by atoms with Crippen LogP contribution in [-0.4, -0.2) is 19.1 Å². The van der Waals surface area contributed by atoms with Crippen molar-refractivity contribution in [1.29, 1.82) is 0 Å². The maximum Gasteiger partial charge on any atom is 0.347 e. The number of hydrogen-bond acceptors (Lipinski definition) is 5. The molecule has 31 heavy (non-hydrogen) atoms. The summed E-state index contributed by atoms with van der Waals surface area (Å²) in [4.78, 5) is 14.4. The summed E-state index contributed by atoms with van der Waals surface area (Å²) in [5.41, 5.74) is -1.73. The van der Waals surface area contributed by atoms with Crippen molar-refractivity contribution in [1.82, 2.24) is 0 Å². The molecular weight excluding hydrogens is 467 g/mol. The minimum Gasteiger partial charge on any atom is -0.308 e. The van der Waals surface area contributed by atoms with Crippen molar-refractivity contribution in [3.8, 4) is 0 Å². The molecule has 0 aliphatic carbocycles. The van der Waals surface area contributed by atoms with Crippen LogP contribution in [0.25, 0.3) is 10.1 Å². The predicted octanol–water partition coefficient (Wildman–Crippen LogP) is 6.68. The second-order valence-corrected chi connectivity index (χ2v) is 10.2. The smallest absolute Gasteiger partial charge is 0.308 e. The maximum absolute atomic E-state index is 14.5. The average Bonchev–Trinajstić information content (AvgIpc) is 3.14. The minimum atomic E-state index is -4.03. The van der Waals surface area contributed by atoms with Gasteiger partial charge in [-0.05, 0) is 53.1 Å². The van der Waals surface area contributed by atoms with E-state index in [1.165, 1.54) is 17.4 Å². The molecule has 2 aromatic carbocycles. The van der Waals surface area contributed by atoms with E-state index in [4.69, 9.17) is 20.6 Å². The largest absolute Gasteiger partial charge is 0.347 e. The summed E-state index contributed by atoms with van der Waals surface area (Å²) in [5, 5.41) is 2.66. The summed E-state index contributed by atoms with van der Waals surface area (Å²) in [6.45, 7) is 3.79. The molecule has 1 atom stereocenters. The molecule has 1 saturated heterocycles. The quantitative estimate of drug-likeness (QED) is 0.380. The molecule has 0 saturated carbocycles. The number of amides is 1. The van der Waals surface area contributed by atoms with Gasteiger partial charge < -0.3 is 9.05 Å².